The van der Waals surface area contributed by atoms with E-state index in [2.05, 4.69) is 106 Å². The number of carbonyl (C=O) groups is 3. The predicted octanol–water partition coefficient (Wildman–Crippen LogP) is 20.7. The molecule has 6 heteroatoms. The van der Waals surface area contributed by atoms with E-state index in [1.54, 1.807) is 0 Å². The van der Waals surface area contributed by atoms with Gasteiger partial charge in [-0.15, -0.1) is 0 Å². The first kappa shape index (κ1) is 68.6. The predicted molar refractivity (Wildman–Crippen MR) is 311 cm³/mol. The van der Waals surface area contributed by atoms with Gasteiger partial charge in [0.15, 0.2) is 6.10 Å². The van der Waals surface area contributed by atoms with Crippen LogP contribution in [0.15, 0.2) is 85.1 Å². The monoisotopic (exact) mass is 1000 g/mol. The summed E-state index contributed by atoms with van der Waals surface area (Å²) in [6.07, 6.45) is 78.7. The van der Waals surface area contributed by atoms with Crippen LogP contribution in [0, 0.1) is 0 Å². The van der Waals surface area contributed by atoms with Crippen molar-refractivity contribution in [2.75, 3.05) is 13.2 Å². The number of unbranched alkanes of at least 4 members (excludes halogenated alkanes) is 30. The zero-order valence-electron chi connectivity index (χ0n) is 47.4. The molecule has 0 amide bonds. The second-order valence-corrected chi connectivity index (χ2v) is 20.2. The molecule has 0 rings (SSSR count). The Balaban J connectivity index is 4.27. The number of hydrogen-bond donors (Lipinski definition) is 0. The summed E-state index contributed by atoms with van der Waals surface area (Å²) in [4.78, 5) is 38.2. The highest BCUT2D eigenvalue weighted by Gasteiger charge is 2.19. The van der Waals surface area contributed by atoms with Crippen molar-refractivity contribution in [3.63, 3.8) is 0 Å². The summed E-state index contributed by atoms with van der Waals surface area (Å²) in [6.45, 7) is 6.49. The minimum atomic E-state index is -0.783. The van der Waals surface area contributed by atoms with Crippen LogP contribution < -0.4 is 0 Å². The van der Waals surface area contributed by atoms with Gasteiger partial charge in [-0.3, -0.25) is 14.4 Å². The molecule has 0 aliphatic carbocycles. The lowest BCUT2D eigenvalue weighted by atomic mass is 10.0. The molecule has 0 N–H and O–H groups in total. The third-order valence-corrected chi connectivity index (χ3v) is 13.1. The molecular formula is C66H114O6. The van der Waals surface area contributed by atoms with Gasteiger partial charge in [0.1, 0.15) is 13.2 Å². The normalized spacial score (nSPS) is 12.7. The van der Waals surface area contributed by atoms with Crippen molar-refractivity contribution in [3.05, 3.63) is 85.1 Å². The topological polar surface area (TPSA) is 78.9 Å². The first-order chi connectivity index (χ1) is 35.5. The van der Waals surface area contributed by atoms with Crippen LogP contribution in [0.2, 0.25) is 0 Å². The molecule has 0 aromatic rings. The van der Waals surface area contributed by atoms with E-state index in [0.717, 1.165) is 116 Å². The van der Waals surface area contributed by atoms with Crippen molar-refractivity contribution in [1.29, 1.82) is 0 Å². The second kappa shape index (κ2) is 60.1. The van der Waals surface area contributed by atoms with Crippen molar-refractivity contribution in [1.82, 2.24) is 0 Å². The summed E-state index contributed by atoms with van der Waals surface area (Å²) in [5, 5.41) is 0. The van der Waals surface area contributed by atoms with Crippen LogP contribution in [0.25, 0.3) is 0 Å². The number of hydrogen-bond acceptors (Lipinski definition) is 6. The number of allylic oxidation sites excluding steroid dienone is 14. The third-order valence-electron chi connectivity index (χ3n) is 13.1. The van der Waals surface area contributed by atoms with Gasteiger partial charge >= 0.3 is 17.9 Å². The molecule has 0 aromatic heterocycles. The van der Waals surface area contributed by atoms with E-state index in [4.69, 9.17) is 14.2 Å². The Bertz CT molecular complexity index is 1380. The molecule has 0 spiro atoms. The van der Waals surface area contributed by atoms with Gasteiger partial charge in [-0.2, -0.15) is 0 Å². The first-order valence-electron chi connectivity index (χ1n) is 30.6. The van der Waals surface area contributed by atoms with Gasteiger partial charge < -0.3 is 14.2 Å². The van der Waals surface area contributed by atoms with E-state index in [9.17, 15) is 14.4 Å². The Morgan fingerprint density at radius 2 is 0.556 bits per heavy atom. The van der Waals surface area contributed by atoms with Crippen LogP contribution in [-0.4, -0.2) is 37.2 Å². The molecule has 1 atom stereocenters. The summed E-state index contributed by atoms with van der Waals surface area (Å²) in [6, 6.07) is 0. The molecule has 1 unspecified atom stereocenters. The Hall–Kier alpha value is -3.41. The Labute approximate surface area is 445 Å². The van der Waals surface area contributed by atoms with E-state index in [0.29, 0.717) is 19.3 Å². The molecule has 0 aromatic carbocycles. The van der Waals surface area contributed by atoms with Gasteiger partial charge in [0.2, 0.25) is 0 Å². The maximum Gasteiger partial charge on any atom is 0.306 e. The summed E-state index contributed by atoms with van der Waals surface area (Å²) >= 11 is 0. The van der Waals surface area contributed by atoms with Gasteiger partial charge in [-0.05, 0) is 89.9 Å². The average molecular weight is 1000 g/mol. The fourth-order valence-electron chi connectivity index (χ4n) is 8.55. The zero-order chi connectivity index (χ0) is 52.2. The van der Waals surface area contributed by atoms with Crippen LogP contribution in [0.1, 0.15) is 297 Å². The molecule has 0 fully saturated rings. The third kappa shape index (κ3) is 57.5. The van der Waals surface area contributed by atoms with Crippen molar-refractivity contribution < 1.29 is 28.6 Å². The van der Waals surface area contributed by atoms with Crippen LogP contribution in [-0.2, 0) is 28.6 Å². The minimum Gasteiger partial charge on any atom is -0.462 e. The molecule has 0 aliphatic rings. The highest BCUT2D eigenvalue weighted by Crippen LogP contribution is 2.16. The van der Waals surface area contributed by atoms with E-state index < -0.39 is 6.10 Å². The highest BCUT2D eigenvalue weighted by atomic mass is 16.6. The molecule has 6 nitrogen and oxygen atoms in total. The maximum atomic E-state index is 12.8. The lowest BCUT2D eigenvalue weighted by Crippen LogP contribution is -2.30. The molecule has 0 bridgehead atoms. The molecule has 0 saturated heterocycles. The standard InChI is InChI=1S/C66H114O6/c1-4-7-10-13-16-19-22-25-27-28-29-30-31-32-33-34-35-36-37-38-39-42-44-47-50-53-56-59-65(68)71-62-63(61-70-64(67)58-55-52-49-46-43-40-24-21-18-15-12-9-6-3)72-66(69)60-57-54-51-48-45-41-26-23-20-17-14-11-8-5-2/h7,10,14,16-17,19,23,25-27,29-30,32-33,63H,4-6,8-9,11-13,15,18,20-22,24,28,31,34-62H2,1-3H3/b10-7-,17-14-,19-16-,26-23-,27-25-,30-29-,33-32-. The van der Waals surface area contributed by atoms with Crippen molar-refractivity contribution in [2.24, 2.45) is 0 Å². The van der Waals surface area contributed by atoms with Gasteiger partial charge in [-0.25, -0.2) is 0 Å². The number of rotatable bonds is 55. The summed E-state index contributed by atoms with van der Waals surface area (Å²) in [5.41, 5.74) is 0. The first-order valence-corrected chi connectivity index (χ1v) is 30.6. The Morgan fingerprint density at radius 1 is 0.292 bits per heavy atom. The Morgan fingerprint density at radius 3 is 0.889 bits per heavy atom. The van der Waals surface area contributed by atoms with Gasteiger partial charge in [0, 0.05) is 19.3 Å². The van der Waals surface area contributed by atoms with Crippen LogP contribution >= 0.6 is 0 Å². The Kier molecular flexibility index (Phi) is 57.3. The van der Waals surface area contributed by atoms with Crippen LogP contribution in [0.3, 0.4) is 0 Å². The number of carbonyl (C=O) groups excluding carboxylic acids is 3. The largest absolute Gasteiger partial charge is 0.462 e. The molecule has 0 radical (unpaired) electrons. The van der Waals surface area contributed by atoms with Crippen molar-refractivity contribution in [3.8, 4) is 0 Å². The fourth-order valence-corrected chi connectivity index (χ4v) is 8.55. The quantitative estimate of drug-likeness (QED) is 0.0261. The van der Waals surface area contributed by atoms with Gasteiger partial charge in [0.25, 0.3) is 0 Å². The van der Waals surface area contributed by atoms with Gasteiger partial charge in [0.05, 0.1) is 0 Å². The van der Waals surface area contributed by atoms with E-state index in [1.807, 2.05) is 0 Å². The molecule has 72 heavy (non-hydrogen) atoms. The zero-order valence-corrected chi connectivity index (χ0v) is 47.4. The molecule has 0 saturated carbocycles. The molecule has 414 valence electrons. The molecular weight excluding hydrogens is 889 g/mol. The van der Waals surface area contributed by atoms with Crippen LogP contribution in [0.5, 0.6) is 0 Å². The minimum absolute atomic E-state index is 0.0799. The lowest BCUT2D eigenvalue weighted by Gasteiger charge is -2.18. The van der Waals surface area contributed by atoms with Crippen molar-refractivity contribution in [2.45, 2.75) is 303 Å². The van der Waals surface area contributed by atoms with E-state index >= 15 is 0 Å². The number of esters is 3. The summed E-state index contributed by atoms with van der Waals surface area (Å²) in [7, 11) is 0. The summed E-state index contributed by atoms with van der Waals surface area (Å²) in [5.74, 6) is -0.887. The SMILES string of the molecule is CC/C=C\C/C=C\C/C=C\C/C=C\C/C=C\CCCCCCCCCCCCCC(=O)OCC(COC(=O)CCCCCCCCCCCCCCC)OC(=O)CCCCCCC/C=C\C/C=C\CCCC. The van der Waals surface area contributed by atoms with E-state index in [-0.39, 0.29) is 31.1 Å². The smallest absolute Gasteiger partial charge is 0.306 e. The average Bonchev–Trinajstić information content (AvgIpc) is 3.38. The summed E-state index contributed by atoms with van der Waals surface area (Å²) < 4.78 is 16.9. The van der Waals surface area contributed by atoms with Gasteiger partial charge in [-0.1, -0.05) is 273 Å². The fraction of sp³-hybridized carbons (Fsp3) is 0.742. The lowest BCUT2D eigenvalue weighted by molar-refractivity contribution is -0.167. The second-order valence-electron chi connectivity index (χ2n) is 20.2. The molecule has 0 aliphatic heterocycles. The number of ether oxygens (including phenoxy) is 3. The maximum absolute atomic E-state index is 12.8. The van der Waals surface area contributed by atoms with Crippen LogP contribution in [0.4, 0.5) is 0 Å². The van der Waals surface area contributed by atoms with E-state index in [1.165, 1.54) is 141 Å². The highest BCUT2D eigenvalue weighted by molar-refractivity contribution is 5.71. The molecule has 0 heterocycles. The van der Waals surface area contributed by atoms with Crippen molar-refractivity contribution >= 4 is 17.9 Å².